The summed E-state index contributed by atoms with van der Waals surface area (Å²) in [6.45, 7) is 6.06. The summed E-state index contributed by atoms with van der Waals surface area (Å²) in [7, 11) is 3.68. The second-order valence-electron chi connectivity index (χ2n) is 4.23. The molecule has 1 saturated heterocycles. The van der Waals surface area contributed by atoms with Crippen LogP contribution in [0, 0.1) is 11.8 Å². The van der Waals surface area contributed by atoms with Crippen molar-refractivity contribution < 1.29 is 4.79 Å². The van der Waals surface area contributed by atoms with E-state index in [1.807, 2.05) is 11.9 Å². The van der Waals surface area contributed by atoms with E-state index in [1.165, 1.54) is 0 Å². The van der Waals surface area contributed by atoms with Crippen LogP contribution >= 0.6 is 0 Å². The van der Waals surface area contributed by atoms with Crippen LogP contribution in [-0.2, 0) is 0 Å². The van der Waals surface area contributed by atoms with Crippen molar-refractivity contribution in [2.45, 2.75) is 19.9 Å². The fourth-order valence-electron chi connectivity index (χ4n) is 2.45. The molecule has 0 aromatic carbocycles. The fraction of sp³-hybridized carbons (Fsp3) is 0.900. The number of amides is 2. The molecular formula is C10H21N3O. The maximum atomic E-state index is 11.4. The van der Waals surface area contributed by atoms with Gasteiger partial charge in [0, 0.05) is 26.2 Å². The summed E-state index contributed by atoms with van der Waals surface area (Å²) in [6.07, 6.45) is 0. The number of nitrogens with one attached hydrogen (secondary N) is 2. The van der Waals surface area contributed by atoms with Crippen molar-refractivity contribution in [1.29, 1.82) is 0 Å². The highest BCUT2D eigenvalue weighted by atomic mass is 16.2. The Morgan fingerprint density at radius 1 is 1.21 bits per heavy atom. The topological polar surface area (TPSA) is 44.4 Å². The first-order valence-electron chi connectivity index (χ1n) is 5.24. The zero-order valence-corrected chi connectivity index (χ0v) is 9.50. The molecule has 1 heterocycles. The molecule has 82 valence electrons. The number of nitrogens with zero attached hydrogens (tertiary/aromatic N) is 1. The van der Waals surface area contributed by atoms with Gasteiger partial charge >= 0.3 is 6.03 Å². The minimum absolute atomic E-state index is 0.0400. The van der Waals surface area contributed by atoms with Gasteiger partial charge < -0.3 is 15.5 Å². The van der Waals surface area contributed by atoms with Gasteiger partial charge in [0.25, 0.3) is 0 Å². The third-order valence-electron chi connectivity index (χ3n) is 3.08. The number of urea groups is 1. The minimum atomic E-state index is 0.0400. The molecule has 2 N–H and O–H groups in total. The van der Waals surface area contributed by atoms with Gasteiger partial charge in [0.2, 0.25) is 0 Å². The van der Waals surface area contributed by atoms with Crippen LogP contribution in [0.2, 0.25) is 0 Å². The molecule has 0 saturated carbocycles. The molecule has 0 aromatic heterocycles. The van der Waals surface area contributed by atoms with E-state index in [2.05, 4.69) is 24.5 Å². The Kier molecular flexibility index (Phi) is 3.75. The van der Waals surface area contributed by atoms with Gasteiger partial charge in [-0.05, 0) is 18.9 Å². The first-order valence-corrected chi connectivity index (χ1v) is 5.24. The third-order valence-corrected chi connectivity index (χ3v) is 3.08. The quantitative estimate of drug-likeness (QED) is 0.646. The lowest BCUT2D eigenvalue weighted by molar-refractivity contribution is 0.120. The fourth-order valence-corrected chi connectivity index (χ4v) is 2.45. The average molecular weight is 199 g/mol. The summed E-state index contributed by atoms with van der Waals surface area (Å²) < 4.78 is 0. The molecule has 2 amide bonds. The molecule has 1 aliphatic heterocycles. The van der Waals surface area contributed by atoms with Crippen molar-refractivity contribution in [2.75, 3.05) is 27.2 Å². The van der Waals surface area contributed by atoms with E-state index in [4.69, 9.17) is 0 Å². The number of piperidine rings is 1. The first kappa shape index (κ1) is 11.3. The highest BCUT2D eigenvalue weighted by Crippen LogP contribution is 2.21. The molecule has 0 aliphatic carbocycles. The molecule has 14 heavy (non-hydrogen) atoms. The maximum Gasteiger partial charge on any atom is 0.317 e. The van der Waals surface area contributed by atoms with Crippen LogP contribution in [0.25, 0.3) is 0 Å². The molecule has 4 nitrogen and oxygen atoms in total. The molecule has 0 bridgehead atoms. The molecule has 1 fully saturated rings. The summed E-state index contributed by atoms with van der Waals surface area (Å²) >= 11 is 0. The number of rotatable bonds is 1. The Labute approximate surface area is 86.0 Å². The molecule has 4 heteroatoms. The van der Waals surface area contributed by atoms with Gasteiger partial charge in [-0.2, -0.15) is 0 Å². The molecular weight excluding hydrogens is 178 g/mol. The van der Waals surface area contributed by atoms with E-state index in [-0.39, 0.29) is 6.03 Å². The Bertz CT molecular complexity index is 196. The van der Waals surface area contributed by atoms with E-state index in [0.29, 0.717) is 17.9 Å². The summed E-state index contributed by atoms with van der Waals surface area (Å²) in [5.41, 5.74) is 0. The highest BCUT2D eigenvalue weighted by molar-refractivity contribution is 5.73. The molecule has 0 aromatic rings. The van der Waals surface area contributed by atoms with Gasteiger partial charge in [-0.25, -0.2) is 4.79 Å². The lowest BCUT2D eigenvalue weighted by atomic mass is 9.86. The smallest absolute Gasteiger partial charge is 0.317 e. The Morgan fingerprint density at radius 3 is 2.07 bits per heavy atom. The summed E-state index contributed by atoms with van der Waals surface area (Å²) in [5.74, 6) is 1.03. The molecule has 0 radical (unpaired) electrons. The largest absolute Gasteiger partial charge is 0.341 e. The molecule has 2 atom stereocenters. The monoisotopic (exact) mass is 199 g/mol. The lowest BCUT2D eigenvalue weighted by Crippen LogP contribution is -2.55. The van der Waals surface area contributed by atoms with E-state index in [1.54, 1.807) is 7.05 Å². The van der Waals surface area contributed by atoms with Crippen LogP contribution in [-0.4, -0.2) is 44.2 Å². The van der Waals surface area contributed by atoms with Crippen LogP contribution in [0.1, 0.15) is 13.8 Å². The zero-order chi connectivity index (χ0) is 10.7. The molecule has 1 aliphatic rings. The number of carbonyl (C=O) groups is 1. The van der Waals surface area contributed by atoms with Gasteiger partial charge in [-0.1, -0.05) is 13.8 Å². The van der Waals surface area contributed by atoms with Gasteiger partial charge in [-0.15, -0.1) is 0 Å². The molecule has 0 spiro atoms. The SMILES string of the molecule is CNC(=O)N1CC(C)C(NC)C(C)C1. The van der Waals surface area contributed by atoms with Crippen molar-refractivity contribution in [3.8, 4) is 0 Å². The minimum Gasteiger partial charge on any atom is -0.341 e. The summed E-state index contributed by atoms with van der Waals surface area (Å²) in [4.78, 5) is 13.3. The number of hydrogen-bond acceptors (Lipinski definition) is 2. The van der Waals surface area contributed by atoms with E-state index < -0.39 is 0 Å². The molecule has 1 rings (SSSR count). The predicted octanol–water partition coefficient (Wildman–Crippen LogP) is 0.502. The van der Waals surface area contributed by atoms with Crippen molar-refractivity contribution >= 4 is 6.03 Å². The van der Waals surface area contributed by atoms with Crippen LogP contribution in [0.5, 0.6) is 0 Å². The van der Waals surface area contributed by atoms with Crippen LogP contribution in [0.4, 0.5) is 4.79 Å². The highest BCUT2D eigenvalue weighted by Gasteiger charge is 2.32. The van der Waals surface area contributed by atoms with Crippen LogP contribution in [0.3, 0.4) is 0 Å². The van der Waals surface area contributed by atoms with Crippen LogP contribution in [0.15, 0.2) is 0 Å². The summed E-state index contributed by atoms with van der Waals surface area (Å²) in [6, 6.07) is 0.564. The van der Waals surface area contributed by atoms with E-state index in [9.17, 15) is 4.79 Å². The lowest BCUT2D eigenvalue weighted by Gasteiger charge is -2.41. The van der Waals surface area contributed by atoms with E-state index >= 15 is 0 Å². The average Bonchev–Trinajstić information content (AvgIpc) is 2.16. The van der Waals surface area contributed by atoms with Gasteiger partial charge in [0.1, 0.15) is 0 Å². The second kappa shape index (κ2) is 4.64. The van der Waals surface area contributed by atoms with Gasteiger partial charge in [-0.3, -0.25) is 0 Å². The second-order valence-corrected chi connectivity index (χ2v) is 4.23. The number of likely N-dealkylation sites (tertiary alicyclic amines) is 1. The predicted molar refractivity (Wildman–Crippen MR) is 57.2 cm³/mol. The third kappa shape index (κ3) is 2.18. The van der Waals surface area contributed by atoms with Crippen molar-refractivity contribution in [2.24, 2.45) is 11.8 Å². The first-order chi connectivity index (χ1) is 6.60. The van der Waals surface area contributed by atoms with Crippen molar-refractivity contribution in [3.63, 3.8) is 0 Å². The van der Waals surface area contributed by atoms with Crippen molar-refractivity contribution in [3.05, 3.63) is 0 Å². The summed E-state index contributed by atoms with van der Waals surface area (Å²) in [5, 5.41) is 6.00. The van der Waals surface area contributed by atoms with Crippen molar-refractivity contribution in [1.82, 2.24) is 15.5 Å². The van der Waals surface area contributed by atoms with Gasteiger partial charge in [0.15, 0.2) is 0 Å². The zero-order valence-electron chi connectivity index (χ0n) is 9.50. The number of carbonyl (C=O) groups excluding carboxylic acids is 1. The normalized spacial score (nSPS) is 32.9. The Morgan fingerprint density at radius 2 is 1.71 bits per heavy atom. The van der Waals surface area contributed by atoms with Crippen LogP contribution < -0.4 is 10.6 Å². The maximum absolute atomic E-state index is 11.4. The van der Waals surface area contributed by atoms with E-state index in [0.717, 1.165) is 13.1 Å². The Hall–Kier alpha value is -0.770. The standard InChI is InChI=1S/C10H21N3O/c1-7-5-13(10(14)12-4)6-8(2)9(7)11-3/h7-9,11H,5-6H2,1-4H3,(H,12,14). The van der Waals surface area contributed by atoms with Gasteiger partial charge in [0.05, 0.1) is 0 Å². The Balaban J connectivity index is 2.60. The number of hydrogen-bond donors (Lipinski definition) is 2. The molecule has 2 unspecified atom stereocenters.